The van der Waals surface area contributed by atoms with E-state index in [4.69, 9.17) is 0 Å². The van der Waals surface area contributed by atoms with Crippen molar-refractivity contribution >= 4 is 33.6 Å². The predicted octanol–water partition coefficient (Wildman–Crippen LogP) is 6.42. The largest absolute Gasteiger partial charge is 0.359 e. The Bertz CT molecular complexity index is 1770. The Morgan fingerprint density at radius 2 is 1.28 bits per heavy atom. The van der Waals surface area contributed by atoms with Crippen LogP contribution in [0.2, 0.25) is 0 Å². The van der Waals surface area contributed by atoms with Crippen LogP contribution in [0.5, 0.6) is 0 Å². The topological polar surface area (TPSA) is 71.1 Å². The van der Waals surface area contributed by atoms with E-state index in [1.807, 2.05) is 41.0 Å². The lowest BCUT2D eigenvalue weighted by Crippen LogP contribution is -2.50. The molecular formula is C41H59N7O2. The highest BCUT2D eigenvalue weighted by molar-refractivity contribution is 5.99. The number of aryl methyl sites for hydroxylation is 2. The SMILES string of the molecule is CCN1CCCC(n2c(C)cc3cc(C(=O)N4CCN(C(C)C)CC4)ccc32)C1.Cc1cc2cc(C(=O)N3CCN(C(C)C)CC3)ccc2[nH]1. The number of amides is 2. The molecule has 5 heterocycles. The van der Waals surface area contributed by atoms with Gasteiger partial charge in [-0.2, -0.15) is 0 Å². The van der Waals surface area contributed by atoms with Gasteiger partial charge >= 0.3 is 0 Å². The number of rotatable bonds is 6. The van der Waals surface area contributed by atoms with E-state index in [-0.39, 0.29) is 11.8 Å². The fraction of sp³-hybridized carbons (Fsp3) is 0.561. The molecule has 2 aromatic heterocycles. The molecule has 0 saturated carbocycles. The predicted molar refractivity (Wildman–Crippen MR) is 205 cm³/mol. The lowest BCUT2D eigenvalue weighted by atomic mass is 10.0. The molecule has 3 aliphatic heterocycles. The van der Waals surface area contributed by atoms with Gasteiger partial charge in [-0.25, -0.2) is 0 Å². The van der Waals surface area contributed by atoms with Gasteiger partial charge in [-0.15, -0.1) is 0 Å². The number of carbonyl (C=O) groups is 2. The zero-order valence-corrected chi connectivity index (χ0v) is 31.5. The molecule has 0 aliphatic carbocycles. The van der Waals surface area contributed by atoms with Crippen molar-refractivity contribution in [2.24, 2.45) is 0 Å². The molecule has 3 aliphatic rings. The number of likely N-dealkylation sites (N-methyl/N-ethyl adjacent to an activating group) is 1. The molecule has 270 valence electrons. The third kappa shape index (κ3) is 7.95. The van der Waals surface area contributed by atoms with Crippen LogP contribution in [0.4, 0.5) is 0 Å². The molecule has 7 rings (SSSR count). The second kappa shape index (κ2) is 15.7. The van der Waals surface area contributed by atoms with E-state index in [0.29, 0.717) is 18.1 Å². The Morgan fingerprint density at radius 3 is 1.84 bits per heavy atom. The highest BCUT2D eigenvalue weighted by Gasteiger charge is 2.26. The fourth-order valence-corrected chi connectivity index (χ4v) is 8.18. The van der Waals surface area contributed by atoms with E-state index in [9.17, 15) is 9.59 Å². The van der Waals surface area contributed by atoms with E-state index in [0.717, 1.165) is 93.2 Å². The van der Waals surface area contributed by atoms with Crippen LogP contribution in [0, 0.1) is 13.8 Å². The summed E-state index contributed by atoms with van der Waals surface area (Å²) in [6.45, 7) is 26.0. The summed E-state index contributed by atoms with van der Waals surface area (Å²) in [5, 5.41) is 2.31. The van der Waals surface area contributed by atoms with Crippen LogP contribution in [-0.4, -0.2) is 130 Å². The minimum atomic E-state index is 0.152. The van der Waals surface area contributed by atoms with Gasteiger partial charge in [0.25, 0.3) is 11.8 Å². The highest BCUT2D eigenvalue weighted by Crippen LogP contribution is 2.30. The Labute approximate surface area is 299 Å². The Kier molecular flexibility index (Phi) is 11.4. The summed E-state index contributed by atoms with van der Waals surface area (Å²) < 4.78 is 2.51. The Hall–Kier alpha value is -3.66. The van der Waals surface area contributed by atoms with Gasteiger partial charge in [0.05, 0.1) is 0 Å². The second-order valence-corrected chi connectivity index (χ2v) is 15.2. The molecule has 1 N–H and O–H groups in total. The maximum atomic E-state index is 13.1. The molecule has 0 spiro atoms. The number of hydrogen-bond acceptors (Lipinski definition) is 5. The number of H-pyrrole nitrogens is 1. The number of piperidine rings is 1. The lowest BCUT2D eigenvalue weighted by molar-refractivity contribution is 0.0590. The molecule has 1 atom stereocenters. The molecule has 2 amide bonds. The molecule has 1 unspecified atom stereocenters. The van der Waals surface area contributed by atoms with E-state index >= 15 is 0 Å². The minimum absolute atomic E-state index is 0.152. The molecule has 2 aromatic carbocycles. The number of likely N-dealkylation sites (tertiary alicyclic amines) is 1. The number of aromatic amines is 1. The fourth-order valence-electron chi connectivity index (χ4n) is 8.18. The van der Waals surface area contributed by atoms with E-state index in [1.165, 1.54) is 36.0 Å². The summed E-state index contributed by atoms with van der Waals surface area (Å²) in [7, 11) is 0. The number of aromatic nitrogens is 2. The van der Waals surface area contributed by atoms with Crippen molar-refractivity contribution in [3.63, 3.8) is 0 Å². The number of carbonyl (C=O) groups excluding carboxylic acids is 2. The Morgan fingerprint density at radius 1 is 0.720 bits per heavy atom. The number of benzene rings is 2. The van der Waals surface area contributed by atoms with Gasteiger partial charge in [-0.05, 0) is 116 Å². The summed E-state index contributed by atoms with van der Waals surface area (Å²) in [5.74, 6) is 0.328. The molecule has 3 saturated heterocycles. The number of piperazine rings is 2. The van der Waals surface area contributed by atoms with E-state index in [1.54, 1.807) is 0 Å². The van der Waals surface area contributed by atoms with Crippen molar-refractivity contribution in [3.8, 4) is 0 Å². The van der Waals surface area contributed by atoms with Crippen molar-refractivity contribution in [2.75, 3.05) is 72.0 Å². The summed E-state index contributed by atoms with van der Waals surface area (Å²) >= 11 is 0. The van der Waals surface area contributed by atoms with Crippen LogP contribution in [0.3, 0.4) is 0 Å². The third-order valence-electron chi connectivity index (χ3n) is 11.2. The zero-order chi connectivity index (χ0) is 35.5. The number of nitrogens with zero attached hydrogens (tertiary/aromatic N) is 6. The minimum Gasteiger partial charge on any atom is -0.359 e. The van der Waals surface area contributed by atoms with Crippen LogP contribution in [0.25, 0.3) is 21.8 Å². The smallest absolute Gasteiger partial charge is 0.253 e. The third-order valence-corrected chi connectivity index (χ3v) is 11.2. The standard InChI is InChI=1S/C24H36N4O.C17H23N3O/c1-5-25-10-6-7-22(17-25)28-19(4)15-21-16-20(8-9-23(21)28)24(29)27-13-11-26(12-14-27)18(2)3;1-12(2)19-6-8-20(9-7-19)17(21)14-4-5-16-15(11-14)10-13(3)18-16/h8-9,15-16,18,22H,5-7,10-14,17H2,1-4H3;4-5,10-12,18H,6-9H2,1-3H3. The molecule has 50 heavy (non-hydrogen) atoms. The van der Waals surface area contributed by atoms with Gasteiger partial charge < -0.3 is 24.3 Å². The van der Waals surface area contributed by atoms with Gasteiger partial charge in [-0.3, -0.25) is 19.4 Å². The highest BCUT2D eigenvalue weighted by atomic mass is 16.2. The first-order chi connectivity index (χ1) is 24.0. The van der Waals surface area contributed by atoms with Crippen molar-refractivity contribution < 1.29 is 9.59 Å². The van der Waals surface area contributed by atoms with Gasteiger partial charge in [0.15, 0.2) is 0 Å². The van der Waals surface area contributed by atoms with Crippen LogP contribution in [0.1, 0.15) is 85.6 Å². The number of hydrogen-bond donors (Lipinski definition) is 1. The first-order valence-electron chi connectivity index (χ1n) is 19.0. The van der Waals surface area contributed by atoms with E-state index < -0.39 is 0 Å². The first-order valence-corrected chi connectivity index (χ1v) is 19.0. The lowest BCUT2D eigenvalue weighted by Gasteiger charge is -2.37. The molecule has 0 radical (unpaired) electrons. The van der Waals surface area contributed by atoms with Crippen molar-refractivity contribution in [1.29, 1.82) is 0 Å². The van der Waals surface area contributed by atoms with Crippen molar-refractivity contribution in [2.45, 2.75) is 79.4 Å². The monoisotopic (exact) mass is 681 g/mol. The molecule has 0 bridgehead atoms. The van der Waals surface area contributed by atoms with Gasteiger partial charge in [-0.1, -0.05) is 6.92 Å². The van der Waals surface area contributed by atoms with Crippen LogP contribution < -0.4 is 0 Å². The Balaban J connectivity index is 0.000000182. The zero-order valence-electron chi connectivity index (χ0n) is 31.5. The molecular weight excluding hydrogens is 622 g/mol. The number of fused-ring (bicyclic) bond motifs is 2. The maximum absolute atomic E-state index is 13.1. The van der Waals surface area contributed by atoms with Crippen molar-refractivity contribution in [1.82, 2.24) is 34.1 Å². The summed E-state index contributed by atoms with van der Waals surface area (Å²) in [4.78, 5) is 40.4. The van der Waals surface area contributed by atoms with Gasteiger partial charge in [0.2, 0.25) is 0 Å². The normalized spacial score (nSPS) is 19.8. The van der Waals surface area contributed by atoms with Crippen molar-refractivity contribution in [3.05, 3.63) is 71.0 Å². The average Bonchev–Trinajstić information content (AvgIpc) is 3.68. The van der Waals surface area contributed by atoms with Gasteiger partial charge in [0.1, 0.15) is 0 Å². The maximum Gasteiger partial charge on any atom is 0.253 e. The second-order valence-electron chi connectivity index (χ2n) is 15.2. The van der Waals surface area contributed by atoms with Crippen LogP contribution >= 0.6 is 0 Å². The van der Waals surface area contributed by atoms with Crippen LogP contribution in [-0.2, 0) is 0 Å². The summed E-state index contributed by atoms with van der Waals surface area (Å²) in [6, 6.07) is 18.2. The molecule has 9 heteroatoms. The summed E-state index contributed by atoms with van der Waals surface area (Å²) in [5.41, 5.74) is 6.41. The average molecular weight is 682 g/mol. The summed E-state index contributed by atoms with van der Waals surface area (Å²) in [6.07, 6.45) is 2.50. The van der Waals surface area contributed by atoms with Gasteiger partial charge in [0, 0.05) is 121 Å². The molecule has 3 fully saturated rings. The first kappa shape index (κ1) is 36.1. The quantitative estimate of drug-likeness (QED) is 0.255. The number of nitrogens with one attached hydrogen (secondary N) is 1. The van der Waals surface area contributed by atoms with Crippen LogP contribution in [0.15, 0.2) is 48.5 Å². The molecule has 9 nitrogen and oxygen atoms in total. The van der Waals surface area contributed by atoms with E-state index in [2.05, 4.69) is 90.1 Å². The molecule has 4 aromatic rings.